The van der Waals surface area contributed by atoms with Crippen molar-refractivity contribution in [3.63, 3.8) is 0 Å². The molecule has 2 saturated heterocycles. The van der Waals surface area contributed by atoms with E-state index in [1.54, 1.807) is 35.2 Å². The number of sulfonamides is 1. The van der Waals surface area contributed by atoms with Crippen LogP contribution in [0.3, 0.4) is 0 Å². The average Bonchev–Trinajstić information content (AvgIpc) is 3.39. The van der Waals surface area contributed by atoms with Crippen LogP contribution in [0, 0.1) is 5.82 Å². The summed E-state index contributed by atoms with van der Waals surface area (Å²) < 4.78 is 41.4. The number of carbonyl (C=O) groups is 1. The summed E-state index contributed by atoms with van der Waals surface area (Å²) in [5.74, 6) is -0.429. The molecular weight excluding hydrogens is 487 g/mol. The first-order chi connectivity index (χ1) is 16.9. The third-order valence-electron chi connectivity index (χ3n) is 6.66. The zero-order chi connectivity index (χ0) is 24.4. The van der Waals surface area contributed by atoms with Crippen LogP contribution < -0.4 is 0 Å². The highest BCUT2D eigenvalue weighted by molar-refractivity contribution is 7.89. The van der Waals surface area contributed by atoms with Crippen LogP contribution in [0.5, 0.6) is 0 Å². The molecule has 2 aliphatic rings. The summed E-state index contributed by atoms with van der Waals surface area (Å²) in [7, 11) is -3.53. The summed E-state index contributed by atoms with van der Waals surface area (Å²) in [6.45, 7) is 2.21. The van der Waals surface area contributed by atoms with E-state index in [2.05, 4.69) is 10.2 Å². The first kappa shape index (κ1) is 24.0. The number of aromatic nitrogens is 2. The maximum absolute atomic E-state index is 14.1. The van der Waals surface area contributed by atoms with Crippen LogP contribution in [0.1, 0.15) is 53.4 Å². The SMILES string of the molecule is O=C(c1ccc(S(=O)(=O)N2CCCCC2)cc1)N1CCCC(c2nnc(-c3ccccc3F)s2)C1. The molecule has 2 aromatic carbocycles. The van der Waals surface area contributed by atoms with Gasteiger partial charge in [-0.25, -0.2) is 12.8 Å². The van der Waals surface area contributed by atoms with Gasteiger partial charge in [0.25, 0.3) is 5.91 Å². The normalized spacial score (nSPS) is 19.6. The molecule has 35 heavy (non-hydrogen) atoms. The number of nitrogens with zero attached hydrogens (tertiary/aromatic N) is 4. The Morgan fingerprint density at radius 3 is 2.43 bits per heavy atom. The van der Waals surface area contributed by atoms with Crippen LogP contribution in [0.2, 0.25) is 0 Å². The Morgan fingerprint density at radius 2 is 1.69 bits per heavy atom. The molecule has 0 N–H and O–H groups in total. The van der Waals surface area contributed by atoms with E-state index in [-0.39, 0.29) is 22.5 Å². The third kappa shape index (κ3) is 5.00. The highest BCUT2D eigenvalue weighted by Gasteiger charge is 2.29. The van der Waals surface area contributed by atoms with Gasteiger partial charge in [-0.15, -0.1) is 10.2 Å². The highest BCUT2D eigenvalue weighted by atomic mass is 32.2. The molecule has 0 spiro atoms. The second-order valence-electron chi connectivity index (χ2n) is 9.00. The van der Waals surface area contributed by atoms with Crippen LogP contribution in [-0.4, -0.2) is 59.9 Å². The lowest BCUT2D eigenvalue weighted by molar-refractivity contribution is 0.0706. The molecule has 3 aromatic rings. The van der Waals surface area contributed by atoms with Gasteiger partial charge in [0, 0.05) is 43.2 Å². The van der Waals surface area contributed by atoms with E-state index >= 15 is 0 Å². The lowest BCUT2D eigenvalue weighted by atomic mass is 9.98. The molecule has 0 bridgehead atoms. The molecule has 7 nitrogen and oxygen atoms in total. The average molecular weight is 515 g/mol. The largest absolute Gasteiger partial charge is 0.338 e. The maximum atomic E-state index is 14.1. The molecule has 5 rings (SSSR count). The van der Waals surface area contributed by atoms with E-state index in [4.69, 9.17) is 0 Å². The predicted molar refractivity (Wildman–Crippen MR) is 132 cm³/mol. The smallest absolute Gasteiger partial charge is 0.253 e. The van der Waals surface area contributed by atoms with E-state index in [1.165, 1.54) is 33.8 Å². The molecule has 1 atom stereocenters. The van der Waals surface area contributed by atoms with E-state index in [0.717, 1.165) is 37.1 Å². The fourth-order valence-electron chi connectivity index (χ4n) is 4.71. The molecule has 2 fully saturated rings. The number of amides is 1. The fraction of sp³-hybridized carbons (Fsp3) is 0.400. The molecule has 0 radical (unpaired) electrons. The summed E-state index contributed by atoms with van der Waals surface area (Å²) in [4.78, 5) is 15.2. The fourth-order valence-corrected chi connectivity index (χ4v) is 7.23. The van der Waals surface area contributed by atoms with Crippen molar-refractivity contribution in [2.45, 2.75) is 42.9 Å². The van der Waals surface area contributed by atoms with Gasteiger partial charge in [-0.1, -0.05) is 29.9 Å². The van der Waals surface area contributed by atoms with E-state index in [1.807, 2.05) is 0 Å². The molecule has 0 saturated carbocycles. The van der Waals surface area contributed by atoms with Crippen LogP contribution in [-0.2, 0) is 10.0 Å². The van der Waals surface area contributed by atoms with Crippen molar-refractivity contribution in [1.29, 1.82) is 0 Å². The van der Waals surface area contributed by atoms with E-state index < -0.39 is 10.0 Å². The van der Waals surface area contributed by atoms with E-state index in [9.17, 15) is 17.6 Å². The van der Waals surface area contributed by atoms with Gasteiger partial charge in [-0.2, -0.15) is 4.31 Å². The number of carbonyl (C=O) groups excluding carboxylic acids is 1. The Hall–Kier alpha value is -2.69. The molecule has 1 amide bonds. The lowest BCUT2D eigenvalue weighted by Gasteiger charge is -2.31. The molecule has 2 aliphatic heterocycles. The minimum atomic E-state index is -3.53. The molecular formula is C25H27FN4O3S2. The minimum absolute atomic E-state index is 0.0319. The molecule has 3 heterocycles. The predicted octanol–water partition coefficient (Wildman–Crippen LogP) is 4.54. The van der Waals surface area contributed by atoms with Crippen molar-refractivity contribution in [1.82, 2.24) is 19.4 Å². The summed E-state index contributed by atoms with van der Waals surface area (Å²) in [5.41, 5.74) is 0.896. The number of halogens is 1. The van der Waals surface area contributed by atoms with Crippen molar-refractivity contribution in [3.05, 3.63) is 64.9 Å². The Balaban J connectivity index is 1.28. The van der Waals surface area contributed by atoms with Gasteiger partial charge >= 0.3 is 0 Å². The first-order valence-corrected chi connectivity index (χ1v) is 14.2. The van der Waals surface area contributed by atoms with Gasteiger partial charge in [0.05, 0.1) is 4.90 Å². The molecule has 0 aliphatic carbocycles. The van der Waals surface area contributed by atoms with Crippen molar-refractivity contribution in [3.8, 4) is 10.6 Å². The van der Waals surface area contributed by atoms with Crippen molar-refractivity contribution in [2.75, 3.05) is 26.2 Å². The Kier molecular flexibility index (Phi) is 6.95. The van der Waals surface area contributed by atoms with Crippen LogP contribution >= 0.6 is 11.3 Å². The van der Waals surface area contributed by atoms with Gasteiger partial charge in [-0.3, -0.25) is 4.79 Å². The number of piperidine rings is 2. The van der Waals surface area contributed by atoms with Crippen molar-refractivity contribution >= 4 is 27.3 Å². The van der Waals surface area contributed by atoms with Crippen LogP contribution in [0.4, 0.5) is 4.39 Å². The maximum Gasteiger partial charge on any atom is 0.253 e. The zero-order valence-corrected chi connectivity index (χ0v) is 20.9. The number of likely N-dealkylation sites (tertiary alicyclic amines) is 1. The Labute approximate surface area is 208 Å². The van der Waals surface area contributed by atoms with Crippen LogP contribution in [0.15, 0.2) is 53.4 Å². The lowest BCUT2D eigenvalue weighted by Crippen LogP contribution is -2.39. The van der Waals surface area contributed by atoms with E-state index in [0.29, 0.717) is 42.3 Å². The number of rotatable bonds is 5. The Bertz CT molecular complexity index is 1300. The van der Waals surface area contributed by atoms with Gasteiger partial charge in [0.15, 0.2) is 5.01 Å². The number of hydrogen-bond donors (Lipinski definition) is 0. The van der Waals surface area contributed by atoms with Gasteiger partial charge in [0.1, 0.15) is 10.8 Å². The summed E-state index contributed by atoms with van der Waals surface area (Å²) >= 11 is 1.36. The second kappa shape index (κ2) is 10.1. The standard InChI is InChI=1S/C25H27FN4O3S2/c26-22-9-3-2-8-21(22)24-28-27-23(34-24)19-7-6-14-29(17-19)25(31)18-10-12-20(13-11-18)35(32,33)30-15-4-1-5-16-30/h2-3,8-13,19H,1,4-7,14-17H2. The molecule has 1 unspecified atom stereocenters. The number of hydrogen-bond acceptors (Lipinski definition) is 6. The van der Waals surface area contributed by atoms with Gasteiger partial charge < -0.3 is 4.90 Å². The zero-order valence-electron chi connectivity index (χ0n) is 19.3. The Morgan fingerprint density at radius 1 is 0.943 bits per heavy atom. The highest BCUT2D eigenvalue weighted by Crippen LogP contribution is 2.34. The monoisotopic (exact) mass is 514 g/mol. The van der Waals surface area contributed by atoms with Gasteiger partial charge in [0.2, 0.25) is 10.0 Å². The first-order valence-electron chi connectivity index (χ1n) is 11.9. The van der Waals surface area contributed by atoms with Crippen molar-refractivity contribution < 1.29 is 17.6 Å². The second-order valence-corrected chi connectivity index (χ2v) is 12.0. The van der Waals surface area contributed by atoms with Gasteiger partial charge in [-0.05, 0) is 62.1 Å². The topological polar surface area (TPSA) is 83.5 Å². The van der Waals surface area contributed by atoms with Crippen LogP contribution in [0.25, 0.3) is 10.6 Å². The molecule has 184 valence electrons. The minimum Gasteiger partial charge on any atom is -0.338 e. The summed E-state index contributed by atoms with van der Waals surface area (Å²) in [6, 6.07) is 12.8. The van der Waals surface area contributed by atoms with Crippen molar-refractivity contribution in [2.24, 2.45) is 0 Å². The quantitative estimate of drug-likeness (QED) is 0.499. The summed E-state index contributed by atoms with van der Waals surface area (Å²) in [5, 5.41) is 9.81. The molecule has 10 heteroatoms. The number of benzene rings is 2. The molecule has 1 aromatic heterocycles. The summed E-state index contributed by atoms with van der Waals surface area (Å²) in [6.07, 6.45) is 4.51. The third-order valence-corrected chi connectivity index (χ3v) is 9.69.